The van der Waals surface area contributed by atoms with E-state index in [4.69, 9.17) is 0 Å². The zero-order valence-corrected chi connectivity index (χ0v) is 13.4. The van der Waals surface area contributed by atoms with Crippen LogP contribution < -0.4 is 5.32 Å². The van der Waals surface area contributed by atoms with E-state index in [2.05, 4.69) is 21.2 Å². The molecule has 2 aromatic rings. The Morgan fingerprint density at radius 3 is 2.76 bits per heavy atom. The van der Waals surface area contributed by atoms with Gasteiger partial charge in [-0.25, -0.2) is 4.39 Å². The lowest BCUT2D eigenvalue weighted by Crippen LogP contribution is -2.09. The topological polar surface area (TPSA) is 29.1 Å². The van der Waals surface area contributed by atoms with Crippen molar-refractivity contribution < 1.29 is 9.18 Å². The minimum Gasteiger partial charge on any atom is -0.322 e. The van der Waals surface area contributed by atoms with Crippen LogP contribution in [0.3, 0.4) is 0 Å². The Hall–Kier alpha value is -1.94. The van der Waals surface area contributed by atoms with Crippen molar-refractivity contribution in [2.24, 2.45) is 0 Å². The summed E-state index contributed by atoms with van der Waals surface area (Å²) in [6.45, 7) is 3.93. The van der Waals surface area contributed by atoms with Gasteiger partial charge in [-0.1, -0.05) is 28.1 Å². The van der Waals surface area contributed by atoms with E-state index in [0.717, 1.165) is 21.3 Å². The molecule has 1 amide bonds. The van der Waals surface area contributed by atoms with Crippen molar-refractivity contribution in [3.05, 3.63) is 69.5 Å². The van der Waals surface area contributed by atoms with Crippen LogP contribution in [0.5, 0.6) is 0 Å². The second kappa shape index (κ2) is 6.68. The predicted molar refractivity (Wildman–Crippen MR) is 87.7 cm³/mol. The Kier molecular flexibility index (Phi) is 4.91. The molecule has 2 nitrogen and oxygen atoms in total. The number of hydrogen-bond acceptors (Lipinski definition) is 1. The third-order valence-corrected chi connectivity index (χ3v) is 3.73. The predicted octanol–water partition coefficient (Wildman–Crippen LogP) is 4.86. The molecule has 0 fully saturated rings. The first-order valence-corrected chi connectivity index (χ1v) is 7.27. The van der Waals surface area contributed by atoms with Gasteiger partial charge in [-0.05, 0) is 55.3 Å². The van der Waals surface area contributed by atoms with E-state index in [9.17, 15) is 9.18 Å². The highest BCUT2D eigenvalue weighted by Crippen LogP contribution is 2.19. The average molecular weight is 348 g/mol. The van der Waals surface area contributed by atoms with E-state index in [0.29, 0.717) is 5.56 Å². The third kappa shape index (κ3) is 4.02. The molecule has 0 aliphatic heterocycles. The molecule has 0 unspecified atom stereocenters. The summed E-state index contributed by atoms with van der Waals surface area (Å²) in [6.07, 6.45) is 2.78. The molecule has 21 heavy (non-hydrogen) atoms. The molecule has 1 N–H and O–H groups in total. The maximum absolute atomic E-state index is 13.6. The van der Waals surface area contributed by atoms with Gasteiger partial charge in [-0.15, -0.1) is 0 Å². The first-order valence-electron chi connectivity index (χ1n) is 6.47. The molecule has 0 aliphatic rings. The van der Waals surface area contributed by atoms with Gasteiger partial charge in [0, 0.05) is 21.8 Å². The zero-order chi connectivity index (χ0) is 15.4. The SMILES string of the molecule is Cc1cccc(NC(=O)/C=C/c2cc(Br)ccc2F)c1C. The number of rotatable bonds is 3. The standard InChI is InChI=1S/C17H15BrFNO/c1-11-4-3-5-16(12(11)2)20-17(21)9-6-13-10-14(18)7-8-15(13)19/h3-10H,1-2H3,(H,20,21)/b9-6+. The van der Waals surface area contributed by atoms with Crippen LogP contribution in [0.4, 0.5) is 10.1 Å². The highest BCUT2D eigenvalue weighted by molar-refractivity contribution is 9.10. The lowest BCUT2D eigenvalue weighted by molar-refractivity contribution is -0.111. The summed E-state index contributed by atoms with van der Waals surface area (Å²) >= 11 is 3.27. The molecule has 0 saturated heterocycles. The van der Waals surface area contributed by atoms with Crippen LogP contribution in [0.25, 0.3) is 6.08 Å². The Morgan fingerprint density at radius 2 is 2.00 bits per heavy atom. The molecule has 0 radical (unpaired) electrons. The van der Waals surface area contributed by atoms with Crippen molar-refractivity contribution in [3.63, 3.8) is 0 Å². The van der Waals surface area contributed by atoms with E-state index >= 15 is 0 Å². The van der Waals surface area contributed by atoms with Gasteiger partial charge in [0.15, 0.2) is 0 Å². The maximum atomic E-state index is 13.6. The molecule has 0 aromatic heterocycles. The van der Waals surface area contributed by atoms with Gasteiger partial charge in [0.2, 0.25) is 5.91 Å². The summed E-state index contributed by atoms with van der Waals surface area (Å²) < 4.78 is 14.3. The van der Waals surface area contributed by atoms with Crippen molar-refractivity contribution in [2.45, 2.75) is 13.8 Å². The lowest BCUT2D eigenvalue weighted by Gasteiger charge is -2.08. The monoisotopic (exact) mass is 347 g/mol. The van der Waals surface area contributed by atoms with Crippen LogP contribution in [-0.2, 0) is 4.79 Å². The second-order valence-corrected chi connectivity index (χ2v) is 5.65. The zero-order valence-electron chi connectivity index (χ0n) is 11.8. The quantitative estimate of drug-likeness (QED) is 0.789. The van der Waals surface area contributed by atoms with Crippen molar-refractivity contribution in [2.75, 3.05) is 5.32 Å². The number of halogens is 2. The number of benzene rings is 2. The molecular formula is C17H15BrFNO. The van der Waals surface area contributed by atoms with Gasteiger partial charge in [-0.3, -0.25) is 4.79 Å². The molecule has 0 saturated carbocycles. The van der Waals surface area contributed by atoms with Gasteiger partial charge >= 0.3 is 0 Å². The summed E-state index contributed by atoms with van der Waals surface area (Å²) in [5.74, 6) is -0.655. The maximum Gasteiger partial charge on any atom is 0.248 e. The largest absolute Gasteiger partial charge is 0.322 e. The van der Waals surface area contributed by atoms with Crippen LogP contribution in [-0.4, -0.2) is 5.91 Å². The molecule has 108 valence electrons. The van der Waals surface area contributed by atoms with Crippen LogP contribution in [0.2, 0.25) is 0 Å². The summed E-state index contributed by atoms with van der Waals surface area (Å²) in [7, 11) is 0. The fourth-order valence-corrected chi connectivity index (χ4v) is 2.25. The number of nitrogens with one attached hydrogen (secondary N) is 1. The highest BCUT2D eigenvalue weighted by Gasteiger charge is 2.04. The summed E-state index contributed by atoms with van der Waals surface area (Å²) in [5, 5.41) is 2.80. The number of amides is 1. The normalized spacial score (nSPS) is 10.9. The van der Waals surface area contributed by atoms with Crippen LogP contribution in [0.15, 0.2) is 46.9 Å². The molecular weight excluding hydrogens is 333 g/mol. The summed E-state index contributed by atoms with van der Waals surface area (Å²) in [6, 6.07) is 10.3. The molecule has 4 heteroatoms. The minimum atomic E-state index is -0.367. The van der Waals surface area contributed by atoms with Gasteiger partial charge < -0.3 is 5.32 Å². The number of hydrogen-bond donors (Lipinski definition) is 1. The number of carbonyl (C=O) groups is 1. The van der Waals surface area contributed by atoms with Gasteiger partial charge in [0.1, 0.15) is 5.82 Å². The fraction of sp³-hybridized carbons (Fsp3) is 0.118. The number of carbonyl (C=O) groups excluding carboxylic acids is 1. The lowest BCUT2D eigenvalue weighted by atomic mass is 10.1. The molecule has 0 bridgehead atoms. The van der Waals surface area contributed by atoms with Crippen molar-refractivity contribution in [1.29, 1.82) is 0 Å². The van der Waals surface area contributed by atoms with E-state index < -0.39 is 0 Å². The Balaban J connectivity index is 2.13. The fourth-order valence-electron chi connectivity index (χ4n) is 1.87. The van der Waals surface area contributed by atoms with E-state index in [1.54, 1.807) is 12.1 Å². The molecule has 0 atom stereocenters. The van der Waals surface area contributed by atoms with Gasteiger partial charge in [0.25, 0.3) is 0 Å². The first-order chi connectivity index (χ1) is 9.97. The Labute approximate surface area is 131 Å². The number of aryl methyl sites for hydroxylation is 1. The van der Waals surface area contributed by atoms with Crippen molar-refractivity contribution in [1.82, 2.24) is 0 Å². The number of anilines is 1. The first kappa shape index (κ1) is 15.4. The van der Waals surface area contributed by atoms with Crippen molar-refractivity contribution in [3.8, 4) is 0 Å². The summed E-state index contributed by atoms with van der Waals surface area (Å²) in [5.41, 5.74) is 3.25. The van der Waals surface area contributed by atoms with Crippen LogP contribution in [0.1, 0.15) is 16.7 Å². The minimum absolute atomic E-state index is 0.289. The smallest absolute Gasteiger partial charge is 0.248 e. The molecule has 2 aromatic carbocycles. The van der Waals surface area contributed by atoms with E-state index in [-0.39, 0.29) is 11.7 Å². The molecule has 0 heterocycles. The molecule has 0 spiro atoms. The molecule has 2 rings (SSSR count). The van der Waals surface area contributed by atoms with Crippen LogP contribution >= 0.6 is 15.9 Å². The van der Waals surface area contributed by atoms with Gasteiger partial charge in [-0.2, -0.15) is 0 Å². The second-order valence-electron chi connectivity index (χ2n) is 4.74. The highest BCUT2D eigenvalue weighted by atomic mass is 79.9. The molecule has 0 aliphatic carbocycles. The summed E-state index contributed by atoms with van der Waals surface area (Å²) in [4.78, 5) is 11.9. The third-order valence-electron chi connectivity index (χ3n) is 3.23. The van der Waals surface area contributed by atoms with Crippen LogP contribution in [0, 0.1) is 19.7 Å². The Bertz CT molecular complexity index is 710. The average Bonchev–Trinajstić information content (AvgIpc) is 2.45. The van der Waals surface area contributed by atoms with Gasteiger partial charge in [0.05, 0.1) is 0 Å². The van der Waals surface area contributed by atoms with E-state index in [1.165, 1.54) is 18.2 Å². The van der Waals surface area contributed by atoms with Crippen molar-refractivity contribution >= 4 is 33.6 Å². The Morgan fingerprint density at radius 1 is 1.24 bits per heavy atom. The van der Waals surface area contributed by atoms with E-state index in [1.807, 2.05) is 32.0 Å².